The first-order valence-corrected chi connectivity index (χ1v) is 5.00. The molecular formula is C12H14O3. The fraction of sp³-hybridized carbons (Fsp3) is 0.417. The van der Waals surface area contributed by atoms with Gasteiger partial charge in [-0.3, -0.25) is 4.79 Å². The van der Waals surface area contributed by atoms with E-state index in [1.165, 1.54) is 0 Å². The van der Waals surface area contributed by atoms with Crippen LogP contribution in [-0.2, 0) is 17.6 Å². The maximum Gasteiger partial charge on any atom is 0.137 e. The largest absolute Gasteiger partial charge is 0.496 e. The maximum absolute atomic E-state index is 11.4. The topological polar surface area (TPSA) is 35.5 Å². The SMILES string of the molecule is COc1ccc(OC)c2c1CCC(=O)C2. The Morgan fingerprint density at radius 1 is 1.00 bits per heavy atom. The van der Waals surface area contributed by atoms with Crippen LogP contribution >= 0.6 is 0 Å². The minimum atomic E-state index is 0.272. The van der Waals surface area contributed by atoms with Crippen molar-refractivity contribution in [3.05, 3.63) is 23.3 Å². The number of rotatable bonds is 2. The molecule has 1 aromatic carbocycles. The normalized spacial score (nSPS) is 14.7. The Labute approximate surface area is 89.0 Å². The maximum atomic E-state index is 11.4. The van der Waals surface area contributed by atoms with Crippen LogP contribution in [0.1, 0.15) is 17.5 Å². The predicted octanol–water partition coefficient (Wildman–Crippen LogP) is 1.76. The number of benzene rings is 1. The van der Waals surface area contributed by atoms with Gasteiger partial charge < -0.3 is 9.47 Å². The highest BCUT2D eigenvalue weighted by Crippen LogP contribution is 2.34. The summed E-state index contributed by atoms with van der Waals surface area (Å²) in [5, 5.41) is 0. The molecule has 0 radical (unpaired) electrons. The minimum Gasteiger partial charge on any atom is -0.496 e. The Morgan fingerprint density at radius 2 is 1.60 bits per heavy atom. The number of carbonyl (C=O) groups excluding carboxylic acids is 1. The third-order valence-electron chi connectivity index (χ3n) is 2.81. The quantitative estimate of drug-likeness (QED) is 0.739. The Bertz CT molecular complexity index is 396. The molecule has 0 amide bonds. The van der Waals surface area contributed by atoms with Gasteiger partial charge in [0.15, 0.2) is 0 Å². The standard InChI is InChI=1S/C12H14O3/c1-14-11-5-6-12(15-2)10-7-8(13)3-4-9(10)11/h5-6H,3-4,7H2,1-2H3. The summed E-state index contributed by atoms with van der Waals surface area (Å²) in [5.41, 5.74) is 2.12. The number of hydrogen-bond acceptors (Lipinski definition) is 3. The van der Waals surface area contributed by atoms with Gasteiger partial charge in [-0.1, -0.05) is 0 Å². The van der Waals surface area contributed by atoms with Gasteiger partial charge in [-0.25, -0.2) is 0 Å². The Hall–Kier alpha value is -1.51. The average molecular weight is 206 g/mol. The molecule has 80 valence electrons. The number of Topliss-reactive ketones (excluding diaryl/α,β-unsaturated/α-hetero) is 1. The molecule has 1 aliphatic rings. The van der Waals surface area contributed by atoms with Gasteiger partial charge in [0.25, 0.3) is 0 Å². The summed E-state index contributed by atoms with van der Waals surface area (Å²) in [6, 6.07) is 3.75. The number of ketones is 1. The smallest absolute Gasteiger partial charge is 0.137 e. The van der Waals surface area contributed by atoms with Gasteiger partial charge in [0.1, 0.15) is 17.3 Å². The van der Waals surface area contributed by atoms with Crippen LogP contribution in [0.4, 0.5) is 0 Å². The van der Waals surface area contributed by atoms with Crippen LogP contribution in [0.25, 0.3) is 0 Å². The van der Waals surface area contributed by atoms with Crippen molar-refractivity contribution in [3.63, 3.8) is 0 Å². The molecule has 1 aromatic rings. The van der Waals surface area contributed by atoms with E-state index in [2.05, 4.69) is 0 Å². The van der Waals surface area contributed by atoms with Crippen molar-refractivity contribution in [2.45, 2.75) is 19.3 Å². The van der Waals surface area contributed by atoms with Gasteiger partial charge in [-0.15, -0.1) is 0 Å². The Kier molecular flexibility index (Phi) is 2.62. The molecule has 3 nitrogen and oxygen atoms in total. The molecule has 3 heteroatoms. The summed E-state index contributed by atoms with van der Waals surface area (Å²) in [4.78, 5) is 11.4. The van der Waals surface area contributed by atoms with Crippen LogP contribution in [0.2, 0.25) is 0 Å². The molecule has 0 fully saturated rings. The van der Waals surface area contributed by atoms with Crippen LogP contribution in [0.5, 0.6) is 11.5 Å². The van der Waals surface area contributed by atoms with Gasteiger partial charge in [0.05, 0.1) is 14.2 Å². The van der Waals surface area contributed by atoms with E-state index < -0.39 is 0 Å². The molecule has 0 atom stereocenters. The summed E-state index contributed by atoms with van der Waals surface area (Å²) >= 11 is 0. The van der Waals surface area contributed by atoms with Crippen molar-refractivity contribution in [2.24, 2.45) is 0 Å². The van der Waals surface area contributed by atoms with Crippen LogP contribution in [0.3, 0.4) is 0 Å². The fourth-order valence-electron chi connectivity index (χ4n) is 2.05. The van der Waals surface area contributed by atoms with E-state index in [9.17, 15) is 4.79 Å². The lowest BCUT2D eigenvalue weighted by Crippen LogP contribution is -2.15. The molecular weight excluding hydrogens is 192 g/mol. The Balaban J connectivity index is 2.53. The first kappa shape index (κ1) is 10.0. The van der Waals surface area contributed by atoms with E-state index in [-0.39, 0.29) is 5.78 Å². The number of ether oxygens (including phenoxy) is 2. The van der Waals surface area contributed by atoms with E-state index in [0.29, 0.717) is 12.8 Å². The molecule has 0 N–H and O–H groups in total. The van der Waals surface area contributed by atoms with Crippen LogP contribution in [-0.4, -0.2) is 20.0 Å². The molecule has 0 heterocycles. The predicted molar refractivity (Wildman–Crippen MR) is 56.6 cm³/mol. The highest BCUT2D eigenvalue weighted by molar-refractivity contribution is 5.84. The summed E-state index contributed by atoms with van der Waals surface area (Å²) in [6.07, 6.45) is 1.83. The third kappa shape index (κ3) is 1.69. The van der Waals surface area contributed by atoms with Gasteiger partial charge >= 0.3 is 0 Å². The van der Waals surface area contributed by atoms with Gasteiger partial charge in [-0.2, -0.15) is 0 Å². The summed E-state index contributed by atoms with van der Waals surface area (Å²) in [5.74, 6) is 1.92. The van der Waals surface area contributed by atoms with Crippen molar-refractivity contribution >= 4 is 5.78 Å². The molecule has 0 aromatic heterocycles. The van der Waals surface area contributed by atoms with Crippen molar-refractivity contribution in [3.8, 4) is 11.5 Å². The van der Waals surface area contributed by atoms with Crippen molar-refractivity contribution in [1.82, 2.24) is 0 Å². The van der Waals surface area contributed by atoms with Gasteiger partial charge in [0, 0.05) is 24.0 Å². The number of fused-ring (bicyclic) bond motifs is 1. The van der Waals surface area contributed by atoms with Crippen molar-refractivity contribution < 1.29 is 14.3 Å². The van der Waals surface area contributed by atoms with Crippen molar-refractivity contribution in [1.29, 1.82) is 0 Å². The Morgan fingerprint density at radius 3 is 2.20 bits per heavy atom. The van der Waals surface area contributed by atoms with Crippen LogP contribution in [0, 0.1) is 0 Å². The second-order valence-corrected chi connectivity index (χ2v) is 3.64. The molecule has 0 spiro atoms. The van der Waals surface area contributed by atoms with Gasteiger partial charge in [0.2, 0.25) is 0 Å². The molecule has 0 bridgehead atoms. The van der Waals surface area contributed by atoms with E-state index in [1.807, 2.05) is 12.1 Å². The first-order valence-electron chi connectivity index (χ1n) is 5.00. The molecule has 0 saturated carbocycles. The first-order chi connectivity index (χ1) is 7.26. The average Bonchev–Trinajstić information content (AvgIpc) is 2.27. The molecule has 15 heavy (non-hydrogen) atoms. The molecule has 0 aliphatic heterocycles. The van der Waals surface area contributed by atoms with E-state index >= 15 is 0 Å². The lowest BCUT2D eigenvalue weighted by Gasteiger charge is -2.20. The van der Waals surface area contributed by atoms with E-state index in [1.54, 1.807) is 14.2 Å². The lowest BCUT2D eigenvalue weighted by molar-refractivity contribution is -0.118. The summed E-state index contributed by atoms with van der Waals surface area (Å²) < 4.78 is 10.5. The van der Waals surface area contributed by atoms with E-state index in [4.69, 9.17) is 9.47 Å². The third-order valence-corrected chi connectivity index (χ3v) is 2.81. The molecule has 0 saturated heterocycles. The molecule has 2 rings (SSSR count). The zero-order valence-corrected chi connectivity index (χ0v) is 9.00. The fourth-order valence-corrected chi connectivity index (χ4v) is 2.05. The van der Waals surface area contributed by atoms with Crippen LogP contribution in [0.15, 0.2) is 12.1 Å². The van der Waals surface area contributed by atoms with Crippen molar-refractivity contribution in [2.75, 3.05) is 14.2 Å². The van der Waals surface area contributed by atoms with Crippen LogP contribution < -0.4 is 9.47 Å². The van der Waals surface area contributed by atoms with Gasteiger partial charge in [-0.05, 0) is 18.6 Å². The minimum absolute atomic E-state index is 0.272. The number of methoxy groups -OCH3 is 2. The number of carbonyl (C=O) groups is 1. The van der Waals surface area contributed by atoms with E-state index in [0.717, 1.165) is 29.0 Å². The summed E-state index contributed by atoms with van der Waals surface area (Å²) in [6.45, 7) is 0. The molecule has 1 aliphatic carbocycles. The monoisotopic (exact) mass is 206 g/mol. The highest BCUT2D eigenvalue weighted by atomic mass is 16.5. The highest BCUT2D eigenvalue weighted by Gasteiger charge is 2.22. The summed E-state index contributed by atoms with van der Waals surface area (Å²) in [7, 11) is 3.28. The lowest BCUT2D eigenvalue weighted by atomic mass is 9.89. The second kappa shape index (κ2) is 3.93. The number of hydrogen-bond donors (Lipinski definition) is 0. The molecule has 0 unspecified atom stereocenters. The zero-order chi connectivity index (χ0) is 10.8. The second-order valence-electron chi connectivity index (χ2n) is 3.64. The zero-order valence-electron chi connectivity index (χ0n) is 9.00.